The molecule has 2 saturated heterocycles. The molecule has 0 radical (unpaired) electrons. The minimum Gasteiger partial charge on any atom is -0.481 e. The molecule has 6 atom stereocenters. The highest BCUT2D eigenvalue weighted by Gasteiger charge is 2.50. The highest BCUT2D eigenvalue weighted by molar-refractivity contribution is 5.70. The highest BCUT2D eigenvalue weighted by Crippen LogP contribution is 2.30. The first kappa shape index (κ1) is 22.0. The predicted molar refractivity (Wildman–Crippen MR) is 91.8 cm³/mol. The summed E-state index contributed by atoms with van der Waals surface area (Å²) in [6, 6.07) is 0. The van der Waals surface area contributed by atoms with Crippen LogP contribution in [-0.4, -0.2) is 77.8 Å². The molecule has 0 aromatic rings. The minimum atomic E-state index is -1.23. The zero-order valence-electron chi connectivity index (χ0n) is 15.8. The summed E-state index contributed by atoms with van der Waals surface area (Å²) in [5.74, 6) is -1.89. The molecule has 0 unspecified atom stereocenters. The summed E-state index contributed by atoms with van der Waals surface area (Å²) in [7, 11) is 0. The van der Waals surface area contributed by atoms with Crippen molar-refractivity contribution < 1.29 is 43.9 Å². The van der Waals surface area contributed by atoms with Gasteiger partial charge in [-0.25, -0.2) is 0 Å². The Hall–Kier alpha value is -1.26. The van der Waals surface area contributed by atoms with Gasteiger partial charge in [0.05, 0.1) is 19.8 Å². The Bertz CT molecular complexity index is 495. The van der Waals surface area contributed by atoms with Gasteiger partial charge in [-0.2, -0.15) is 0 Å². The third kappa shape index (κ3) is 6.11. The maximum atomic E-state index is 12.1. The number of aliphatic hydroxyl groups excluding tert-OH is 2. The van der Waals surface area contributed by atoms with E-state index in [1.165, 1.54) is 0 Å². The average molecular weight is 390 g/mol. The monoisotopic (exact) mass is 390 g/mol. The summed E-state index contributed by atoms with van der Waals surface area (Å²) in [5.41, 5.74) is 0. The topological polar surface area (TPSA) is 132 Å². The lowest BCUT2D eigenvalue weighted by molar-refractivity contribution is -0.301. The minimum absolute atomic E-state index is 0.151. The predicted octanol–water partition coefficient (Wildman–Crippen LogP) is 0.309. The summed E-state index contributed by atoms with van der Waals surface area (Å²) in [6.45, 7) is 3.42. The lowest BCUT2D eigenvalue weighted by atomic mass is 9.99. The van der Waals surface area contributed by atoms with Crippen LogP contribution >= 0.6 is 0 Å². The summed E-state index contributed by atoms with van der Waals surface area (Å²) in [6.07, 6.45) is -2.53. The van der Waals surface area contributed by atoms with Crippen LogP contribution in [0.1, 0.15) is 39.5 Å². The molecule has 2 rings (SSSR count). The Labute approximate surface area is 158 Å². The molecule has 2 heterocycles. The zero-order valence-corrected chi connectivity index (χ0v) is 15.8. The number of aliphatic carboxylic acids is 1. The molecule has 0 spiro atoms. The highest BCUT2D eigenvalue weighted by atomic mass is 16.7. The van der Waals surface area contributed by atoms with E-state index in [0.717, 1.165) is 12.8 Å². The SMILES string of the molecule is CC(C)CCCCC(=O)O[C@@H]1O[C@H](CO)[C@H](O)[C@@H]2OC[C@@H](C(=O)O)CO[C@@H]12. The Balaban J connectivity index is 1.98. The Morgan fingerprint density at radius 3 is 2.41 bits per heavy atom. The molecule has 0 saturated carbocycles. The Morgan fingerprint density at radius 1 is 1.15 bits per heavy atom. The van der Waals surface area contributed by atoms with Gasteiger partial charge in [0.2, 0.25) is 6.29 Å². The van der Waals surface area contributed by atoms with Gasteiger partial charge in [-0.3, -0.25) is 9.59 Å². The van der Waals surface area contributed by atoms with Gasteiger partial charge in [-0.05, 0) is 12.3 Å². The van der Waals surface area contributed by atoms with Gasteiger partial charge < -0.3 is 34.3 Å². The van der Waals surface area contributed by atoms with Gasteiger partial charge in [0.15, 0.2) is 0 Å². The van der Waals surface area contributed by atoms with Crippen LogP contribution in [0.2, 0.25) is 0 Å². The average Bonchev–Trinajstić information content (AvgIpc) is 2.84. The molecular formula is C18H30O9. The van der Waals surface area contributed by atoms with E-state index < -0.39 is 55.2 Å². The molecule has 2 aliphatic heterocycles. The van der Waals surface area contributed by atoms with Crippen molar-refractivity contribution in [1.29, 1.82) is 0 Å². The standard InChI is InChI=1S/C18H30O9/c1-10(2)5-3-4-6-13(20)27-18-16-15(14(21)12(7-19)26-18)24-8-11(9-25-16)17(22)23/h10-12,14-16,18-19,21H,3-9H2,1-2H3,(H,22,23)/t11-,12-,14+,15+,16-,18+/m1/s1. The number of rotatable bonds is 8. The van der Waals surface area contributed by atoms with E-state index in [2.05, 4.69) is 13.8 Å². The lowest BCUT2D eigenvalue weighted by Gasteiger charge is -2.42. The van der Waals surface area contributed by atoms with E-state index in [-0.39, 0.29) is 19.6 Å². The molecule has 0 bridgehead atoms. The molecule has 2 fully saturated rings. The number of hydrogen-bond donors (Lipinski definition) is 3. The number of hydrogen-bond acceptors (Lipinski definition) is 8. The van der Waals surface area contributed by atoms with Crippen LogP contribution in [0.15, 0.2) is 0 Å². The van der Waals surface area contributed by atoms with E-state index in [1.54, 1.807) is 0 Å². The largest absolute Gasteiger partial charge is 0.481 e. The number of ether oxygens (including phenoxy) is 4. The molecule has 2 aliphatic rings. The normalized spacial score (nSPS) is 34.0. The first-order valence-corrected chi connectivity index (χ1v) is 9.43. The fourth-order valence-corrected chi connectivity index (χ4v) is 3.16. The van der Waals surface area contributed by atoms with Crippen molar-refractivity contribution in [2.75, 3.05) is 19.8 Å². The molecule has 9 heteroatoms. The smallest absolute Gasteiger partial charge is 0.311 e. The molecule has 0 aromatic carbocycles. The van der Waals surface area contributed by atoms with E-state index in [1.807, 2.05) is 0 Å². The Kier molecular flexibility index (Phi) is 8.43. The van der Waals surface area contributed by atoms with Gasteiger partial charge >= 0.3 is 11.9 Å². The number of esters is 1. The van der Waals surface area contributed by atoms with Crippen molar-refractivity contribution in [1.82, 2.24) is 0 Å². The van der Waals surface area contributed by atoms with E-state index in [9.17, 15) is 19.8 Å². The number of carbonyl (C=O) groups excluding carboxylic acids is 1. The molecular weight excluding hydrogens is 360 g/mol. The maximum absolute atomic E-state index is 12.1. The zero-order chi connectivity index (χ0) is 20.0. The number of aliphatic hydroxyl groups is 2. The molecule has 0 aliphatic carbocycles. The van der Waals surface area contributed by atoms with Crippen molar-refractivity contribution in [3.8, 4) is 0 Å². The first-order valence-electron chi connectivity index (χ1n) is 9.43. The number of carboxylic acid groups (broad SMARTS) is 1. The molecule has 9 nitrogen and oxygen atoms in total. The van der Waals surface area contributed by atoms with Crippen LogP contribution in [0.5, 0.6) is 0 Å². The molecule has 0 amide bonds. The quantitative estimate of drug-likeness (QED) is 0.396. The maximum Gasteiger partial charge on any atom is 0.311 e. The summed E-state index contributed by atoms with van der Waals surface area (Å²) in [4.78, 5) is 23.3. The van der Waals surface area contributed by atoms with Gasteiger partial charge in [0.1, 0.15) is 30.3 Å². The summed E-state index contributed by atoms with van der Waals surface area (Å²) < 4.78 is 21.9. The van der Waals surface area contributed by atoms with E-state index in [4.69, 9.17) is 24.1 Å². The van der Waals surface area contributed by atoms with Crippen molar-refractivity contribution >= 4 is 11.9 Å². The van der Waals surface area contributed by atoms with Crippen LogP contribution in [-0.2, 0) is 28.5 Å². The van der Waals surface area contributed by atoms with Crippen molar-refractivity contribution in [3.05, 3.63) is 0 Å². The second-order valence-electron chi connectivity index (χ2n) is 7.48. The number of fused-ring (bicyclic) bond motifs is 1. The van der Waals surface area contributed by atoms with E-state index in [0.29, 0.717) is 12.3 Å². The molecule has 3 N–H and O–H groups in total. The van der Waals surface area contributed by atoms with Crippen LogP contribution in [0.4, 0.5) is 0 Å². The van der Waals surface area contributed by atoms with Gasteiger partial charge in [-0.1, -0.05) is 26.7 Å². The van der Waals surface area contributed by atoms with Crippen LogP contribution in [0.25, 0.3) is 0 Å². The van der Waals surface area contributed by atoms with Crippen molar-refractivity contribution in [2.45, 2.75) is 70.2 Å². The van der Waals surface area contributed by atoms with Gasteiger partial charge in [0.25, 0.3) is 0 Å². The van der Waals surface area contributed by atoms with Gasteiger partial charge in [0, 0.05) is 6.42 Å². The summed E-state index contributed by atoms with van der Waals surface area (Å²) >= 11 is 0. The van der Waals surface area contributed by atoms with Crippen LogP contribution in [0, 0.1) is 11.8 Å². The Morgan fingerprint density at radius 2 is 1.81 bits per heavy atom. The number of carboxylic acids is 1. The fourth-order valence-electron chi connectivity index (χ4n) is 3.16. The lowest BCUT2D eigenvalue weighted by Crippen LogP contribution is -2.60. The van der Waals surface area contributed by atoms with Crippen molar-refractivity contribution in [3.63, 3.8) is 0 Å². The third-order valence-corrected chi connectivity index (χ3v) is 4.79. The van der Waals surface area contributed by atoms with Crippen molar-refractivity contribution in [2.24, 2.45) is 11.8 Å². The second kappa shape index (κ2) is 10.3. The first-order chi connectivity index (χ1) is 12.8. The number of unbranched alkanes of at least 4 members (excludes halogenated alkanes) is 1. The van der Waals surface area contributed by atoms with Crippen LogP contribution in [0.3, 0.4) is 0 Å². The van der Waals surface area contributed by atoms with E-state index >= 15 is 0 Å². The fraction of sp³-hybridized carbons (Fsp3) is 0.889. The molecule has 156 valence electrons. The van der Waals surface area contributed by atoms with Crippen LogP contribution < -0.4 is 0 Å². The molecule has 27 heavy (non-hydrogen) atoms. The summed E-state index contributed by atoms with van der Waals surface area (Å²) in [5, 5.41) is 28.9. The second-order valence-corrected chi connectivity index (χ2v) is 7.48. The third-order valence-electron chi connectivity index (χ3n) is 4.79. The molecule has 0 aromatic heterocycles. The van der Waals surface area contributed by atoms with Gasteiger partial charge in [-0.15, -0.1) is 0 Å². The number of carbonyl (C=O) groups is 2.